The Labute approximate surface area is 105 Å². The van der Waals surface area contributed by atoms with Gasteiger partial charge in [-0.3, -0.25) is 4.79 Å². The molecule has 0 unspecified atom stereocenters. The lowest BCUT2D eigenvalue weighted by molar-refractivity contribution is 0.0642. The van der Waals surface area contributed by atoms with Crippen molar-refractivity contribution in [2.24, 2.45) is 11.7 Å². The molecule has 0 atom stereocenters. The van der Waals surface area contributed by atoms with E-state index in [1.54, 1.807) is 0 Å². The summed E-state index contributed by atoms with van der Waals surface area (Å²) in [6.07, 6.45) is 1.97. The molecule has 0 aromatic heterocycles. The maximum atomic E-state index is 13.0. The first-order valence-electron chi connectivity index (χ1n) is 6.00. The third-order valence-corrected chi connectivity index (χ3v) is 3.19. The Hall–Kier alpha value is -1.62. The molecule has 98 valence electrons. The standard InChI is InChI=1S/C13H17FN2O2/c1-16-7-8-4-10(5-8)18-12-3-2-9(14)6-11(12)13(15)17/h2-3,6,8,10,16H,4-5,7H2,1H3,(H2,15,17). The lowest BCUT2D eigenvalue weighted by atomic mass is 9.82. The third-order valence-electron chi connectivity index (χ3n) is 3.19. The molecule has 1 aromatic rings. The minimum absolute atomic E-state index is 0.0897. The highest BCUT2D eigenvalue weighted by Gasteiger charge is 2.30. The highest BCUT2D eigenvalue weighted by molar-refractivity contribution is 5.95. The Balaban J connectivity index is 2.00. The average Bonchev–Trinajstić information content (AvgIpc) is 2.28. The molecule has 0 spiro atoms. The highest BCUT2D eigenvalue weighted by Crippen LogP contribution is 2.32. The number of primary amides is 1. The summed E-state index contributed by atoms with van der Waals surface area (Å²) < 4.78 is 18.7. The molecule has 1 aromatic carbocycles. The van der Waals surface area contributed by atoms with E-state index in [4.69, 9.17) is 10.5 Å². The van der Waals surface area contributed by atoms with Crippen molar-refractivity contribution in [3.8, 4) is 5.75 Å². The van der Waals surface area contributed by atoms with E-state index >= 15 is 0 Å². The Morgan fingerprint density at radius 3 is 2.89 bits per heavy atom. The van der Waals surface area contributed by atoms with Gasteiger partial charge in [0.15, 0.2) is 0 Å². The molecule has 18 heavy (non-hydrogen) atoms. The SMILES string of the molecule is CNCC1CC(Oc2ccc(F)cc2C(N)=O)C1. The molecule has 0 bridgehead atoms. The number of halogens is 1. The van der Waals surface area contributed by atoms with Gasteiger partial charge in [-0.1, -0.05) is 0 Å². The van der Waals surface area contributed by atoms with Gasteiger partial charge < -0.3 is 15.8 Å². The smallest absolute Gasteiger partial charge is 0.252 e. The van der Waals surface area contributed by atoms with Gasteiger partial charge in [0.1, 0.15) is 11.6 Å². The first-order valence-corrected chi connectivity index (χ1v) is 6.00. The van der Waals surface area contributed by atoms with E-state index in [0.29, 0.717) is 11.7 Å². The van der Waals surface area contributed by atoms with Gasteiger partial charge in [0.2, 0.25) is 0 Å². The van der Waals surface area contributed by atoms with Crippen LogP contribution >= 0.6 is 0 Å². The van der Waals surface area contributed by atoms with Crippen LogP contribution in [0.1, 0.15) is 23.2 Å². The Bertz CT molecular complexity index is 445. The molecule has 0 radical (unpaired) electrons. The molecule has 4 nitrogen and oxygen atoms in total. The highest BCUT2D eigenvalue weighted by atomic mass is 19.1. The zero-order chi connectivity index (χ0) is 13.1. The molecular formula is C13H17FN2O2. The van der Waals surface area contributed by atoms with Crippen LogP contribution in [0.5, 0.6) is 5.75 Å². The van der Waals surface area contributed by atoms with Crippen molar-refractivity contribution < 1.29 is 13.9 Å². The zero-order valence-corrected chi connectivity index (χ0v) is 10.3. The largest absolute Gasteiger partial charge is 0.490 e. The van der Waals surface area contributed by atoms with E-state index in [0.717, 1.165) is 25.5 Å². The zero-order valence-electron chi connectivity index (χ0n) is 10.3. The monoisotopic (exact) mass is 252 g/mol. The van der Waals surface area contributed by atoms with Crippen LogP contribution in [0, 0.1) is 11.7 Å². The maximum Gasteiger partial charge on any atom is 0.252 e. The summed E-state index contributed by atoms with van der Waals surface area (Å²) in [6, 6.07) is 3.84. The van der Waals surface area contributed by atoms with Crippen LogP contribution in [0.4, 0.5) is 4.39 Å². The number of hydrogen-bond donors (Lipinski definition) is 2. The van der Waals surface area contributed by atoms with Gasteiger partial charge in [-0.15, -0.1) is 0 Å². The number of carbonyl (C=O) groups excluding carboxylic acids is 1. The summed E-state index contributed by atoms with van der Waals surface area (Å²) in [5, 5.41) is 3.11. The minimum Gasteiger partial charge on any atom is -0.490 e. The lowest BCUT2D eigenvalue weighted by Crippen LogP contribution is -2.39. The van der Waals surface area contributed by atoms with Gasteiger partial charge in [0, 0.05) is 0 Å². The van der Waals surface area contributed by atoms with Crippen LogP contribution in [-0.2, 0) is 0 Å². The second-order valence-corrected chi connectivity index (χ2v) is 4.64. The second kappa shape index (κ2) is 5.35. The number of rotatable bonds is 5. The lowest BCUT2D eigenvalue weighted by Gasteiger charge is -2.35. The Morgan fingerprint density at radius 2 is 2.28 bits per heavy atom. The summed E-state index contributed by atoms with van der Waals surface area (Å²) in [5.41, 5.74) is 5.30. The van der Waals surface area contributed by atoms with Crippen LogP contribution in [0.3, 0.4) is 0 Å². The minimum atomic E-state index is -0.671. The molecule has 1 aliphatic carbocycles. The first-order chi connectivity index (χ1) is 8.60. The predicted octanol–water partition coefficient (Wildman–Crippen LogP) is 1.30. The quantitative estimate of drug-likeness (QED) is 0.830. The number of benzene rings is 1. The second-order valence-electron chi connectivity index (χ2n) is 4.64. The fraction of sp³-hybridized carbons (Fsp3) is 0.462. The molecule has 1 fully saturated rings. The normalized spacial score (nSPS) is 22.3. The summed E-state index contributed by atoms with van der Waals surface area (Å²) in [6.45, 7) is 0.964. The maximum absolute atomic E-state index is 13.0. The fourth-order valence-corrected chi connectivity index (χ4v) is 2.20. The summed E-state index contributed by atoms with van der Waals surface area (Å²) in [7, 11) is 1.92. The van der Waals surface area contributed by atoms with Gasteiger partial charge in [-0.2, -0.15) is 0 Å². The molecule has 1 saturated carbocycles. The van der Waals surface area contributed by atoms with Gasteiger partial charge in [0.05, 0.1) is 11.7 Å². The van der Waals surface area contributed by atoms with Crippen molar-refractivity contribution in [3.63, 3.8) is 0 Å². The summed E-state index contributed by atoms with van der Waals surface area (Å²) in [5.74, 6) is -0.178. The van der Waals surface area contributed by atoms with Crippen molar-refractivity contribution in [3.05, 3.63) is 29.6 Å². The molecule has 3 N–H and O–H groups in total. The van der Waals surface area contributed by atoms with E-state index in [1.807, 2.05) is 7.05 Å². The van der Waals surface area contributed by atoms with E-state index < -0.39 is 11.7 Å². The van der Waals surface area contributed by atoms with E-state index in [1.165, 1.54) is 12.1 Å². The van der Waals surface area contributed by atoms with E-state index in [-0.39, 0.29) is 11.7 Å². The first kappa shape index (κ1) is 12.8. The average molecular weight is 252 g/mol. The van der Waals surface area contributed by atoms with Gasteiger partial charge in [0.25, 0.3) is 5.91 Å². The number of ether oxygens (including phenoxy) is 1. The topological polar surface area (TPSA) is 64.3 Å². The van der Waals surface area contributed by atoms with Crippen molar-refractivity contribution in [2.75, 3.05) is 13.6 Å². The number of carbonyl (C=O) groups is 1. The third kappa shape index (κ3) is 2.79. The molecule has 0 saturated heterocycles. The number of nitrogens with one attached hydrogen (secondary N) is 1. The Kier molecular flexibility index (Phi) is 3.81. The van der Waals surface area contributed by atoms with Crippen molar-refractivity contribution in [1.29, 1.82) is 0 Å². The van der Waals surface area contributed by atoms with Crippen molar-refractivity contribution in [2.45, 2.75) is 18.9 Å². The number of hydrogen-bond acceptors (Lipinski definition) is 3. The molecule has 0 heterocycles. The molecular weight excluding hydrogens is 235 g/mol. The molecule has 2 rings (SSSR count). The van der Waals surface area contributed by atoms with Crippen LogP contribution in [0.25, 0.3) is 0 Å². The molecule has 5 heteroatoms. The number of amides is 1. The molecule has 1 aliphatic rings. The predicted molar refractivity (Wildman–Crippen MR) is 66.0 cm³/mol. The van der Waals surface area contributed by atoms with Gasteiger partial charge in [-0.25, -0.2) is 4.39 Å². The fourth-order valence-electron chi connectivity index (χ4n) is 2.20. The molecule has 1 amide bonds. The van der Waals surface area contributed by atoms with Crippen LogP contribution in [-0.4, -0.2) is 25.6 Å². The van der Waals surface area contributed by atoms with Crippen LogP contribution in [0.15, 0.2) is 18.2 Å². The summed E-state index contributed by atoms with van der Waals surface area (Å²) >= 11 is 0. The van der Waals surface area contributed by atoms with Gasteiger partial charge >= 0.3 is 0 Å². The van der Waals surface area contributed by atoms with E-state index in [2.05, 4.69) is 5.32 Å². The van der Waals surface area contributed by atoms with Crippen molar-refractivity contribution in [1.82, 2.24) is 5.32 Å². The van der Waals surface area contributed by atoms with Crippen LogP contribution in [0.2, 0.25) is 0 Å². The Morgan fingerprint density at radius 1 is 1.56 bits per heavy atom. The van der Waals surface area contributed by atoms with Crippen LogP contribution < -0.4 is 15.8 Å². The van der Waals surface area contributed by atoms with E-state index in [9.17, 15) is 9.18 Å². The van der Waals surface area contributed by atoms with Crippen molar-refractivity contribution >= 4 is 5.91 Å². The summed E-state index contributed by atoms with van der Waals surface area (Å²) in [4.78, 5) is 11.2. The molecule has 0 aliphatic heterocycles. The van der Waals surface area contributed by atoms with Gasteiger partial charge in [-0.05, 0) is 50.6 Å². The number of nitrogens with two attached hydrogens (primary N) is 1.